The molecule has 0 atom stereocenters. The molecule has 28 heavy (non-hydrogen) atoms. The Morgan fingerprint density at radius 2 is 1.57 bits per heavy atom. The smallest absolute Gasteiger partial charge is 0.339 e. The number of nitrogens with zero attached hydrogens (tertiary/aromatic N) is 1. The van der Waals surface area contributed by atoms with Crippen LogP contribution in [-0.2, 0) is 11.2 Å². The van der Waals surface area contributed by atoms with E-state index in [1.165, 1.54) is 12.8 Å². The first-order chi connectivity index (χ1) is 13.5. The van der Waals surface area contributed by atoms with Crippen molar-refractivity contribution in [3.05, 3.63) is 45.0 Å². The normalized spacial score (nSPS) is 15.3. The lowest BCUT2D eigenvalue weighted by Gasteiger charge is -2.20. The number of benzene rings is 1. The van der Waals surface area contributed by atoms with Crippen molar-refractivity contribution in [2.75, 3.05) is 13.1 Å². The third-order valence-electron chi connectivity index (χ3n) is 6.13. The van der Waals surface area contributed by atoms with Crippen molar-refractivity contribution >= 4 is 27.8 Å². The monoisotopic (exact) mass is 381 g/mol. The summed E-state index contributed by atoms with van der Waals surface area (Å²) in [5, 5.41) is 1.95. The molecule has 1 aliphatic rings. The lowest BCUT2D eigenvalue weighted by Crippen LogP contribution is -2.32. The van der Waals surface area contributed by atoms with Crippen molar-refractivity contribution in [2.24, 2.45) is 0 Å². The van der Waals surface area contributed by atoms with Crippen LogP contribution in [0.1, 0.15) is 54.6 Å². The molecule has 3 heterocycles. The van der Waals surface area contributed by atoms with E-state index in [4.69, 9.17) is 8.83 Å². The molecule has 1 fully saturated rings. The van der Waals surface area contributed by atoms with Gasteiger partial charge in [0.15, 0.2) is 0 Å². The van der Waals surface area contributed by atoms with Crippen molar-refractivity contribution < 1.29 is 13.6 Å². The Balaban J connectivity index is 1.65. The van der Waals surface area contributed by atoms with Gasteiger partial charge in [0.2, 0.25) is 5.91 Å². The molecule has 1 aromatic carbocycles. The van der Waals surface area contributed by atoms with Gasteiger partial charge in [-0.25, -0.2) is 4.79 Å². The number of likely N-dealkylation sites (tertiary alicyclic amines) is 1. The molecule has 0 spiro atoms. The molecule has 1 saturated heterocycles. The molecule has 1 amide bonds. The fraction of sp³-hybridized carbons (Fsp3) is 0.478. The van der Waals surface area contributed by atoms with Crippen LogP contribution in [0.3, 0.4) is 0 Å². The maximum atomic E-state index is 12.6. The van der Waals surface area contributed by atoms with E-state index < -0.39 is 0 Å². The lowest BCUT2D eigenvalue weighted by atomic mass is 10.00. The number of fused-ring (bicyclic) bond motifs is 2. The highest BCUT2D eigenvalue weighted by Gasteiger charge is 2.19. The van der Waals surface area contributed by atoms with Crippen LogP contribution in [0.15, 0.2) is 25.8 Å². The zero-order valence-corrected chi connectivity index (χ0v) is 16.9. The van der Waals surface area contributed by atoms with Crippen molar-refractivity contribution in [3.63, 3.8) is 0 Å². The standard InChI is InChI=1S/C23H27NO4/c1-14-16(3)27-20-13-21-19(12-18(14)20)15(2)17(23(26)28-21)8-9-22(25)24-10-6-4-5-7-11-24/h12-13H,4-11H2,1-3H3. The third-order valence-corrected chi connectivity index (χ3v) is 6.13. The van der Waals surface area contributed by atoms with Gasteiger partial charge in [0.1, 0.15) is 16.9 Å². The van der Waals surface area contributed by atoms with E-state index in [1.807, 2.05) is 31.7 Å². The van der Waals surface area contributed by atoms with E-state index >= 15 is 0 Å². The molecule has 2 aromatic heterocycles. The summed E-state index contributed by atoms with van der Waals surface area (Å²) < 4.78 is 11.3. The number of furan rings is 1. The molecule has 0 bridgehead atoms. The topological polar surface area (TPSA) is 63.7 Å². The van der Waals surface area contributed by atoms with Gasteiger partial charge in [-0.05, 0) is 57.2 Å². The first kappa shape index (κ1) is 18.8. The second kappa shape index (κ2) is 7.46. The lowest BCUT2D eigenvalue weighted by molar-refractivity contribution is -0.131. The van der Waals surface area contributed by atoms with Crippen LogP contribution in [-0.4, -0.2) is 23.9 Å². The van der Waals surface area contributed by atoms with Gasteiger partial charge in [-0.1, -0.05) is 12.8 Å². The van der Waals surface area contributed by atoms with Gasteiger partial charge >= 0.3 is 5.63 Å². The Kier molecular flexibility index (Phi) is 5.00. The highest BCUT2D eigenvalue weighted by Crippen LogP contribution is 2.31. The van der Waals surface area contributed by atoms with Crippen LogP contribution in [0.4, 0.5) is 0 Å². The molecule has 0 saturated carbocycles. The van der Waals surface area contributed by atoms with Crippen molar-refractivity contribution in [3.8, 4) is 0 Å². The zero-order chi connectivity index (χ0) is 19.8. The van der Waals surface area contributed by atoms with E-state index in [0.717, 1.165) is 59.2 Å². The summed E-state index contributed by atoms with van der Waals surface area (Å²) in [7, 11) is 0. The first-order valence-electron chi connectivity index (χ1n) is 10.2. The summed E-state index contributed by atoms with van der Waals surface area (Å²) >= 11 is 0. The van der Waals surface area contributed by atoms with Crippen molar-refractivity contribution in [1.82, 2.24) is 4.90 Å². The quantitative estimate of drug-likeness (QED) is 0.611. The fourth-order valence-electron chi connectivity index (χ4n) is 4.22. The largest absolute Gasteiger partial charge is 0.461 e. The second-order valence-electron chi connectivity index (χ2n) is 7.92. The van der Waals surface area contributed by atoms with Crippen LogP contribution in [0, 0.1) is 20.8 Å². The highest BCUT2D eigenvalue weighted by molar-refractivity contribution is 5.96. The van der Waals surface area contributed by atoms with Gasteiger partial charge in [-0.3, -0.25) is 4.79 Å². The number of aryl methyl sites for hydroxylation is 3. The zero-order valence-electron chi connectivity index (χ0n) is 16.9. The minimum Gasteiger partial charge on any atom is -0.461 e. The summed E-state index contributed by atoms with van der Waals surface area (Å²) in [6, 6.07) is 3.83. The molecular formula is C23H27NO4. The van der Waals surface area contributed by atoms with Crippen LogP contribution in [0.2, 0.25) is 0 Å². The molecule has 4 rings (SSSR count). The average Bonchev–Trinajstić information content (AvgIpc) is 2.85. The van der Waals surface area contributed by atoms with Crippen molar-refractivity contribution in [2.45, 2.75) is 59.3 Å². The number of rotatable bonds is 3. The first-order valence-corrected chi connectivity index (χ1v) is 10.2. The van der Waals surface area contributed by atoms with Crippen LogP contribution in [0.25, 0.3) is 21.9 Å². The maximum absolute atomic E-state index is 12.6. The highest BCUT2D eigenvalue weighted by atomic mass is 16.4. The minimum absolute atomic E-state index is 0.137. The summed E-state index contributed by atoms with van der Waals surface area (Å²) in [4.78, 5) is 27.1. The SMILES string of the molecule is Cc1oc2cc3oc(=O)c(CCC(=O)N4CCCCCC4)c(C)c3cc2c1C. The molecule has 0 aliphatic carbocycles. The van der Waals surface area contributed by atoms with Crippen LogP contribution in [0.5, 0.6) is 0 Å². The predicted octanol–water partition coefficient (Wildman–Crippen LogP) is 4.80. The Hall–Kier alpha value is -2.56. The van der Waals surface area contributed by atoms with E-state index in [0.29, 0.717) is 24.0 Å². The minimum atomic E-state index is -0.354. The van der Waals surface area contributed by atoms with Crippen LogP contribution < -0.4 is 5.63 Å². The molecule has 0 unspecified atom stereocenters. The number of carbonyl (C=O) groups is 1. The molecular weight excluding hydrogens is 354 g/mol. The summed E-state index contributed by atoms with van der Waals surface area (Å²) in [5.41, 5.74) is 3.51. The Morgan fingerprint density at radius 3 is 2.29 bits per heavy atom. The Labute approximate surface area is 164 Å². The van der Waals surface area contributed by atoms with Gasteiger partial charge in [0.05, 0.1) is 0 Å². The summed E-state index contributed by atoms with van der Waals surface area (Å²) in [6.45, 7) is 7.58. The predicted molar refractivity (Wildman–Crippen MR) is 110 cm³/mol. The van der Waals surface area contributed by atoms with E-state index in [9.17, 15) is 9.59 Å². The third kappa shape index (κ3) is 3.34. The van der Waals surface area contributed by atoms with E-state index in [2.05, 4.69) is 0 Å². The molecule has 3 aromatic rings. The number of amides is 1. The van der Waals surface area contributed by atoms with Gasteiger partial charge in [0, 0.05) is 41.9 Å². The number of carbonyl (C=O) groups excluding carboxylic acids is 1. The maximum Gasteiger partial charge on any atom is 0.339 e. The fourth-order valence-corrected chi connectivity index (χ4v) is 4.22. The van der Waals surface area contributed by atoms with E-state index in [1.54, 1.807) is 6.07 Å². The van der Waals surface area contributed by atoms with Gasteiger partial charge < -0.3 is 13.7 Å². The molecule has 5 nitrogen and oxygen atoms in total. The molecule has 0 N–H and O–H groups in total. The van der Waals surface area contributed by atoms with Crippen molar-refractivity contribution in [1.29, 1.82) is 0 Å². The molecule has 0 radical (unpaired) electrons. The van der Waals surface area contributed by atoms with E-state index in [-0.39, 0.29) is 11.5 Å². The molecule has 1 aliphatic heterocycles. The number of hydrogen-bond donors (Lipinski definition) is 0. The second-order valence-corrected chi connectivity index (χ2v) is 7.92. The Bertz CT molecular complexity index is 1100. The average molecular weight is 381 g/mol. The summed E-state index contributed by atoms with van der Waals surface area (Å²) in [6.07, 6.45) is 5.30. The van der Waals surface area contributed by atoms with Gasteiger partial charge in [-0.15, -0.1) is 0 Å². The molecule has 148 valence electrons. The van der Waals surface area contributed by atoms with Gasteiger partial charge in [-0.2, -0.15) is 0 Å². The Morgan fingerprint density at radius 1 is 0.929 bits per heavy atom. The summed E-state index contributed by atoms with van der Waals surface area (Å²) in [5.74, 6) is 1.01. The molecule has 5 heteroatoms. The van der Waals surface area contributed by atoms with Gasteiger partial charge in [0.25, 0.3) is 0 Å². The number of hydrogen-bond acceptors (Lipinski definition) is 4. The van der Waals surface area contributed by atoms with Crippen LogP contribution >= 0.6 is 0 Å².